The summed E-state index contributed by atoms with van der Waals surface area (Å²) in [7, 11) is 0. The molecule has 2 aromatic carbocycles. The molecule has 0 spiro atoms. The van der Waals surface area contributed by atoms with Crippen LogP contribution in [0.1, 0.15) is 27.9 Å². The van der Waals surface area contributed by atoms with Crippen LogP contribution < -0.4 is 9.64 Å². The Labute approximate surface area is 169 Å². The number of esters is 1. The highest BCUT2D eigenvalue weighted by Crippen LogP contribution is 2.53. The number of fused-ring (bicyclic) bond motifs is 5. The monoisotopic (exact) mass is 387 g/mol. The van der Waals surface area contributed by atoms with Gasteiger partial charge in [-0.25, -0.2) is 9.69 Å². The Bertz CT molecular complexity index is 1060. The summed E-state index contributed by atoms with van der Waals surface area (Å²) in [6.45, 7) is 3.85. The van der Waals surface area contributed by atoms with Crippen LogP contribution in [0.15, 0.2) is 54.6 Å². The zero-order valence-electron chi connectivity index (χ0n) is 16.3. The van der Waals surface area contributed by atoms with Crippen LogP contribution in [0.4, 0.5) is 5.69 Å². The van der Waals surface area contributed by atoms with Crippen LogP contribution in [-0.2, 0) is 9.59 Å². The highest BCUT2D eigenvalue weighted by atomic mass is 16.5. The molecule has 1 saturated carbocycles. The third-order valence-electron chi connectivity index (χ3n) is 6.57. The molecule has 2 aliphatic carbocycles. The summed E-state index contributed by atoms with van der Waals surface area (Å²) < 4.78 is 5.56. The predicted octanol–water partition coefficient (Wildman–Crippen LogP) is 3.83. The summed E-state index contributed by atoms with van der Waals surface area (Å²) in [6.07, 6.45) is 5.03. The summed E-state index contributed by atoms with van der Waals surface area (Å²) in [5.74, 6) is -0.528. The van der Waals surface area contributed by atoms with E-state index in [1.807, 2.05) is 26.0 Å². The van der Waals surface area contributed by atoms with Gasteiger partial charge in [0.2, 0.25) is 11.8 Å². The summed E-state index contributed by atoms with van der Waals surface area (Å²) >= 11 is 0. The maximum absolute atomic E-state index is 13.0. The van der Waals surface area contributed by atoms with Gasteiger partial charge in [-0.1, -0.05) is 30.4 Å². The van der Waals surface area contributed by atoms with Crippen molar-refractivity contribution in [1.29, 1.82) is 0 Å². The van der Waals surface area contributed by atoms with E-state index >= 15 is 0 Å². The smallest absolute Gasteiger partial charge is 0.343 e. The van der Waals surface area contributed by atoms with Crippen molar-refractivity contribution in [2.24, 2.45) is 23.7 Å². The molecule has 146 valence electrons. The van der Waals surface area contributed by atoms with Gasteiger partial charge in [0.15, 0.2) is 0 Å². The Morgan fingerprint density at radius 3 is 2.31 bits per heavy atom. The molecule has 2 bridgehead atoms. The van der Waals surface area contributed by atoms with E-state index in [4.69, 9.17) is 4.74 Å². The minimum absolute atomic E-state index is 0.156. The zero-order valence-corrected chi connectivity index (χ0v) is 16.3. The van der Waals surface area contributed by atoms with E-state index in [2.05, 4.69) is 12.2 Å². The van der Waals surface area contributed by atoms with Crippen LogP contribution in [0, 0.1) is 37.5 Å². The van der Waals surface area contributed by atoms with Gasteiger partial charge >= 0.3 is 5.97 Å². The van der Waals surface area contributed by atoms with Gasteiger partial charge in [0.05, 0.1) is 23.1 Å². The molecule has 3 aliphatic rings. The Morgan fingerprint density at radius 2 is 1.62 bits per heavy atom. The summed E-state index contributed by atoms with van der Waals surface area (Å²) in [4.78, 5) is 40.0. The van der Waals surface area contributed by atoms with Crippen LogP contribution in [0.2, 0.25) is 0 Å². The van der Waals surface area contributed by atoms with E-state index in [1.54, 1.807) is 30.3 Å². The molecule has 2 fully saturated rings. The second-order valence-electron chi connectivity index (χ2n) is 8.15. The number of hydrogen-bond acceptors (Lipinski definition) is 4. The Balaban J connectivity index is 1.42. The van der Waals surface area contributed by atoms with Crippen molar-refractivity contribution in [3.05, 3.63) is 71.3 Å². The number of carbonyl (C=O) groups is 3. The predicted molar refractivity (Wildman–Crippen MR) is 108 cm³/mol. The van der Waals surface area contributed by atoms with Gasteiger partial charge in [-0.2, -0.15) is 0 Å². The van der Waals surface area contributed by atoms with Crippen LogP contribution in [0.5, 0.6) is 5.75 Å². The van der Waals surface area contributed by atoms with Crippen molar-refractivity contribution in [3.63, 3.8) is 0 Å². The molecule has 5 rings (SSSR count). The van der Waals surface area contributed by atoms with Gasteiger partial charge in [0, 0.05) is 0 Å². The number of carbonyl (C=O) groups excluding carboxylic acids is 3. The van der Waals surface area contributed by atoms with E-state index in [-0.39, 0.29) is 35.5 Å². The topological polar surface area (TPSA) is 63.7 Å². The van der Waals surface area contributed by atoms with Gasteiger partial charge in [-0.3, -0.25) is 9.59 Å². The van der Waals surface area contributed by atoms with Gasteiger partial charge in [0.1, 0.15) is 5.75 Å². The lowest BCUT2D eigenvalue weighted by atomic mass is 9.85. The molecule has 0 radical (unpaired) electrons. The van der Waals surface area contributed by atoms with Crippen LogP contribution >= 0.6 is 0 Å². The molecule has 4 atom stereocenters. The first-order valence-corrected chi connectivity index (χ1v) is 9.90. The standard InChI is InChI=1S/C24H21NO4/c1-13-5-3-8-19(14(13)2)29-24(28)17-6-4-7-18(12-17)25-22(26)20-15-9-10-16(11-15)21(20)23(25)27/h3-10,12,15-16,20-21H,11H2,1-2H3/t15-,16-,20-,21-/m0/s1. The lowest BCUT2D eigenvalue weighted by molar-refractivity contribution is -0.123. The number of amides is 2. The fourth-order valence-electron chi connectivity index (χ4n) is 4.92. The Morgan fingerprint density at radius 1 is 0.966 bits per heavy atom. The summed E-state index contributed by atoms with van der Waals surface area (Å²) in [5.41, 5.74) is 2.68. The van der Waals surface area contributed by atoms with Gasteiger partial charge in [0.25, 0.3) is 0 Å². The maximum Gasteiger partial charge on any atom is 0.343 e. The van der Waals surface area contributed by atoms with Crippen LogP contribution in [0.3, 0.4) is 0 Å². The molecule has 2 aromatic rings. The van der Waals surface area contributed by atoms with E-state index in [0.29, 0.717) is 17.0 Å². The number of hydrogen-bond donors (Lipinski definition) is 0. The number of allylic oxidation sites excluding steroid dienone is 2. The van der Waals surface area contributed by atoms with Crippen molar-refractivity contribution in [1.82, 2.24) is 0 Å². The van der Waals surface area contributed by atoms with Crippen molar-refractivity contribution >= 4 is 23.5 Å². The first-order chi connectivity index (χ1) is 14.0. The normalized spacial score (nSPS) is 26.9. The van der Waals surface area contributed by atoms with Crippen LogP contribution in [-0.4, -0.2) is 17.8 Å². The number of anilines is 1. The van der Waals surface area contributed by atoms with Crippen LogP contribution in [0.25, 0.3) is 0 Å². The third kappa shape index (κ3) is 2.64. The molecule has 0 aromatic heterocycles. The van der Waals surface area contributed by atoms with Crippen molar-refractivity contribution in [2.45, 2.75) is 20.3 Å². The van der Waals surface area contributed by atoms with E-state index in [9.17, 15) is 14.4 Å². The van der Waals surface area contributed by atoms with Gasteiger partial charge in [-0.05, 0) is 67.5 Å². The maximum atomic E-state index is 13.0. The van der Waals surface area contributed by atoms with Crippen molar-refractivity contribution in [3.8, 4) is 5.75 Å². The fraction of sp³-hybridized carbons (Fsp3) is 0.292. The molecule has 29 heavy (non-hydrogen) atoms. The van der Waals surface area contributed by atoms with E-state index < -0.39 is 5.97 Å². The number of rotatable bonds is 3. The molecule has 5 nitrogen and oxygen atoms in total. The van der Waals surface area contributed by atoms with Crippen molar-refractivity contribution in [2.75, 3.05) is 4.90 Å². The quantitative estimate of drug-likeness (QED) is 0.347. The second kappa shape index (κ2) is 6.41. The average molecular weight is 387 g/mol. The molecule has 5 heteroatoms. The largest absolute Gasteiger partial charge is 0.423 e. The first-order valence-electron chi connectivity index (χ1n) is 9.90. The number of nitrogens with zero attached hydrogens (tertiary/aromatic N) is 1. The lowest BCUT2D eigenvalue weighted by Gasteiger charge is -2.18. The molecule has 2 amide bonds. The minimum atomic E-state index is -0.512. The minimum Gasteiger partial charge on any atom is -0.423 e. The number of aryl methyl sites for hydroxylation is 1. The molecular formula is C24H21NO4. The molecule has 1 aliphatic heterocycles. The second-order valence-corrected chi connectivity index (χ2v) is 8.15. The average Bonchev–Trinajstić information content (AvgIpc) is 3.39. The van der Waals surface area contributed by atoms with Gasteiger partial charge < -0.3 is 4.74 Å². The van der Waals surface area contributed by atoms with E-state index in [0.717, 1.165) is 17.5 Å². The van der Waals surface area contributed by atoms with E-state index in [1.165, 1.54) is 4.90 Å². The SMILES string of the molecule is Cc1cccc(OC(=O)c2cccc(N3C(=O)[C@@H]4[C@@H](C3=O)[C@H]3C=C[C@H]4C3)c2)c1C. The molecule has 0 unspecified atom stereocenters. The summed E-state index contributed by atoms with van der Waals surface area (Å²) in [6, 6.07) is 12.1. The molecule has 1 saturated heterocycles. The van der Waals surface area contributed by atoms with Crippen molar-refractivity contribution < 1.29 is 19.1 Å². The molecule has 1 heterocycles. The zero-order chi connectivity index (χ0) is 20.3. The highest BCUT2D eigenvalue weighted by Gasteiger charge is 2.59. The fourth-order valence-corrected chi connectivity index (χ4v) is 4.92. The number of ether oxygens (including phenoxy) is 1. The lowest BCUT2D eigenvalue weighted by Crippen LogP contribution is -2.33. The third-order valence-corrected chi connectivity index (χ3v) is 6.57. The highest BCUT2D eigenvalue weighted by molar-refractivity contribution is 6.23. The molecular weight excluding hydrogens is 366 g/mol. The molecule has 0 N–H and O–H groups in total. The Kier molecular flexibility index (Phi) is 3.95. The van der Waals surface area contributed by atoms with Gasteiger partial charge in [-0.15, -0.1) is 0 Å². The Hall–Kier alpha value is -3.21. The summed E-state index contributed by atoms with van der Waals surface area (Å²) in [5, 5.41) is 0. The first kappa shape index (κ1) is 17.9. The number of imide groups is 1. The number of benzene rings is 2.